The smallest absolute Gasteiger partial charge is 0.224 e. The third-order valence-corrected chi connectivity index (χ3v) is 6.51. The summed E-state index contributed by atoms with van der Waals surface area (Å²) in [5.41, 5.74) is 10.9. The SMILES string of the molecule is N#CC1=C(N)Oc2c(c(C3CCC3)nn2C2CC2)C1c1ccc(-n2ccnc2)cc1. The van der Waals surface area contributed by atoms with Crippen LogP contribution in [0.25, 0.3) is 5.69 Å². The standard InChI is InChI=1S/C23H22N6O/c24-12-18-19(14-4-6-16(7-5-14)28-11-10-26-13-28)20-21(15-2-1-3-15)27-29(17-8-9-17)23(20)30-22(18)25/h4-7,10-11,13,15,17,19H,1-3,8-9,25H2. The molecule has 0 spiro atoms. The monoisotopic (exact) mass is 398 g/mol. The molecule has 7 nitrogen and oxygen atoms in total. The summed E-state index contributed by atoms with van der Waals surface area (Å²) < 4.78 is 10.0. The largest absolute Gasteiger partial charge is 0.422 e. The van der Waals surface area contributed by atoms with Gasteiger partial charge in [-0.1, -0.05) is 18.6 Å². The first-order chi connectivity index (χ1) is 14.7. The van der Waals surface area contributed by atoms with Crippen LogP contribution >= 0.6 is 0 Å². The van der Waals surface area contributed by atoms with E-state index in [1.165, 1.54) is 6.42 Å². The zero-order valence-corrected chi connectivity index (χ0v) is 16.5. The minimum Gasteiger partial charge on any atom is -0.422 e. The van der Waals surface area contributed by atoms with Crippen molar-refractivity contribution >= 4 is 0 Å². The summed E-state index contributed by atoms with van der Waals surface area (Å²) in [6.45, 7) is 0. The van der Waals surface area contributed by atoms with Gasteiger partial charge in [0.15, 0.2) is 0 Å². The Labute approximate surface area is 174 Å². The molecule has 1 aliphatic heterocycles. The Morgan fingerprint density at radius 2 is 1.93 bits per heavy atom. The van der Waals surface area contributed by atoms with Gasteiger partial charge >= 0.3 is 0 Å². The Hall–Kier alpha value is -3.53. The minimum atomic E-state index is -0.251. The van der Waals surface area contributed by atoms with Crippen molar-refractivity contribution in [2.24, 2.45) is 5.73 Å². The van der Waals surface area contributed by atoms with E-state index in [0.717, 1.165) is 54.1 Å². The lowest BCUT2D eigenvalue weighted by atomic mass is 9.76. The van der Waals surface area contributed by atoms with E-state index in [4.69, 9.17) is 15.6 Å². The van der Waals surface area contributed by atoms with Gasteiger partial charge in [-0.25, -0.2) is 9.67 Å². The Morgan fingerprint density at radius 1 is 1.13 bits per heavy atom. The molecule has 6 rings (SSSR count). The van der Waals surface area contributed by atoms with Gasteiger partial charge in [-0.15, -0.1) is 0 Å². The average molecular weight is 398 g/mol. The Bertz CT molecular complexity index is 1170. The number of hydrogen-bond acceptors (Lipinski definition) is 5. The van der Waals surface area contributed by atoms with E-state index in [-0.39, 0.29) is 11.8 Å². The molecule has 2 aromatic heterocycles. The highest BCUT2D eigenvalue weighted by molar-refractivity contribution is 5.57. The lowest BCUT2D eigenvalue weighted by Gasteiger charge is -2.29. The van der Waals surface area contributed by atoms with Gasteiger partial charge in [-0.2, -0.15) is 10.4 Å². The highest BCUT2D eigenvalue weighted by atomic mass is 16.5. The predicted molar refractivity (Wildman–Crippen MR) is 110 cm³/mol. The average Bonchev–Trinajstić information content (AvgIpc) is 3.29. The minimum absolute atomic E-state index is 0.190. The molecule has 1 aromatic carbocycles. The van der Waals surface area contributed by atoms with E-state index in [1.807, 2.05) is 27.6 Å². The molecule has 2 fully saturated rings. The lowest BCUT2D eigenvalue weighted by Crippen LogP contribution is -2.23. The van der Waals surface area contributed by atoms with E-state index >= 15 is 0 Å². The molecule has 2 N–H and O–H groups in total. The van der Waals surface area contributed by atoms with Gasteiger partial charge in [0.05, 0.1) is 29.5 Å². The summed E-state index contributed by atoms with van der Waals surface area (Å²) >= 11 is 0. The number of fused-ring (bicyclic) bond motifs is 1. The van der Waals surface area contributed by atoms with E-state index < -0.39 is 0 Å². The van der Waals surface area contributed by atoms with Crippen molar-refractivity contribution in [3.63, 3.8) is 0 Å². The van der Waals surface area contributed by atoms with E-state index in [1.54, 1.807) is 12.5 Å². The second kappa shape index (κ2) is 6.49. The van der Waals surface area contributed by atoms with Gasteiger partial charge in [0.2, 0.25) is 11.8 Å². The second-order valence-corrected chi connectivity index (χ2v) is 8.39. The first-order valence-electron chi connectivity index (χ1n) is 10.5. The molecule has 7 heteroatoms. The molecular weight excluding hydrogens is 376 g/mol. The maximum Gasteiger partial charge on any atom is 0.224 e. The van der Waals surface area contributed by atoms with Crippen molar-refractivity contribution in [1.29, 1.82) is 5.26 Å². The van der Waals surface area contributed by atoms with Crippen LogP contribution in [0.15, 0.2) is 54.4 Å². The van der Waals surface area contributed by atoms with Crippen molar-refractivity contribution in [3.8, 4) is 17.6 Å². The maximum atomic E-state index is 9.95. The highest BCUT2D eigenvalue weighted by Crippen LogP contribution is 2.51. The van der Waals surface area contributed by atoms with Gasteiger partial charge < -0.3 is 15.0 Å². The van der Waals surface area contributed by atoms with Crippen LogP contribution in [0, 0.1) is 11.3 Å². The van der Waals surface area contributed by atoms with Crippen molar-refractivity contribution in [1.82, 2.24) is 19.3 Å². The molecule has 0 amide bonds. The topological polar surface area (TPSA) is 94.7 Å². The summed E-state index contributed by atoms with van der Waals surface area (Å²) in [5.74, 6) is 1.11. The Morgan fingerprint density at radius 3 is 2.53 bits per heavy atom. The number of benzene rings is 1. The van der Waals surface area contributed by atoms with Crippen LogP contribution in [0.5, 0.6) is 5.88 Å². The van der Waals surface area contributed by atoms with Crippen molar-refractivity contribution in [3.05, 3.63) is 71.3 Å². The molecule has 2 saturated carbocycles. The molecule has 3 aliphatic rings. The van der Waals surface area contributed by atoms with Gasteiger partial charge in [0, 0.05) is 24.0 Å². The van der Waals surface area contributed by atoms with E-state index in [9.17, 15) is 5.26 Å². The molecule has 3 aromatic rings. The molecule has 0 saturated heterocycles. The van der Waals surface area contributed by atoms with Gasteiger partial charge in [0.25, 0.3) is 0 Å². The summed E-state index contributed by atoms with van der Waals surface area (Å²) in [4.78, 5) is 4.12. The summed E-state index contributed by atoms with van der Waals surface area (Å²) in [7, 11) is 0. The number of nitrogens with two attached hydrogens (primary N) is 1. The zero-order chi connectivity index (χ0) is 20.2. The number of hydrogen-bond donors (Lipinski definition) is 1. The number of imidazole rings is 1. The Balaban J connectivity index is 1.50. The lowest BCUT2D eigenvalue weighted by molar-refractivity contribution is 0.347. The zero-order valence-electron chi connectivity index (χ0n) is 16.5. The number of nitrogens with zero attached hydrogens (tertiary/aromatic N) is 5. The third-order valence-electron chi connectivity index (χ3n) is 6.51. The summed E-state index contributed by atoms with van der Waals surface area (Å²) in [5, 5.41) is 14.9. The van der Waals surface area contributed by atoms with Crippen LogP contribution in [0.3, 0.4) is 0 Å². The molecule has 0 bridgehead atoms. The van der Waals surface area contributed by atoms with Crippen LogP contribution in [-0.2, 0) is 0 Å². The second-order valence-electron chi connectivity index (χ2n) is 8.39. The number of allylic oxidation sites excluding steroid dienone is 1. The first kappa shape index (κ1) is 17.3. The molecule has 2 aliphatic carbocycles. The van der Waals surface area contributed by atoms with Crippen molar-refractivity contribution in [2.45, 2.75) is 50.0 Å². The molecular formula is C23H22N6O. The molecule has 1 unspecified atom stereocenters. The van der Waals surface area contributed by atoms with E-state index in [2.05, 4.69) is 23.2 Å². The fourth-order valence-electron chi connectivity index (χ4n) is 4.52. The van der Waals surface area contributed by atoms with Gasteiger partial charge in [0.1, 0.15) is 11.6 Å². The van der Waals surface area contributed by atoms with Crippen molar-refractivity contribution in [2.75, 3.05) is 0 Å². The molecule has 1 atom stereocenters. The van der Waals surface area contributed by atoms with Crippen LogP contribution in [0.4, 0.5) is 0 Å². The van der Waals surface area contributed by atoms with Crippen LogP contribution < -0.4 is 10.5 Å². The summed E-state index contributed by atoms with van der Waals surface area (Å²) in [6, 6.07) is 10.9. The molecule has 150 valence electrons. The maximum absolute atomic E-state index is 9.95. The Kier molecular flexibility index (Phi) is 3.75. The molecule has 30 heavy (non-hydrogen) atoms. The fourth-order valence-corrected chi connectivity index (χ4v) is 4.52. The van der Waals surface area contributed by atoms with Crippen LogP contribution in [0.1, 0.15) is 66.8 Å². The molecule has 0 radical (unpaired) electrons. The van der Waals surface area contributed by atoms with Crippen LogP contribution in [-0.4, -0.2) is 19.3 Å². The van der Waals surface area contributed by atoms with Gasteiger partial charge in [-0.05, 0) is 43.4 Å². The quantitative estimate of drug-likeness (QED) is 0.719. The summed E-state index contributed by atoms with van der Waals surface area (Å²) in [6.07, 6.45) is 11.2. The van der Waals surface area contributed by atoms with Crippen LogP contribution in [0.2, 0.25) is 0 Å². The normalized spacial score (nSPS) is 21.0. The first-order valence-corrected chi connectivity index (χ1v) is 10.5. The molecule has 3 heterocycles. The predicted octanol–water partition coefficient (Wildman–Crippen LogP) is 3.89. The van der Waals surface area contributed by atoms with Crippen molar-refractivity contribution < 1.29 is 4.74 Å². The fraction of sp³-hybridized carbons (Fsp3) is 0.348. The third kappa shape index (κ3) is 2.57. The number of aromatic nitrogens is 4. The highest BCUT2D eigenvalue weighted by Gasteiger charge is 2.42. The van der Waals surface area contributed by atoms with Gasteiger partial charge in [-0.3, -0.25) is 0 Å². The number of nitriles is 1. The number of rotatable bonds is 4. The van der Waals surface area contributed by atoms with E-state index in [0.29, 0.717) is 17.5 Å². The number of ether oxygens (including phenoxy) is 1.